The second-order valence-corrected chi connectivity index (χ2v) is 6.99. The van der Waals surface area contributed by atoms with E-state index in [0.29, 0.717) is 0 Å². The minimum Gasteiger partial charge on any atom is -0.480 e. The van der Waals surface area contributed by atoms with Crippen LogP contribution in [0.4, 0.5) is 0 Å². The third-order valence-corrected chi connectivity index (χ3v) is 4.62. The number of hydrogen-bond acceptors (Lipinski definition) is 4. The number of amides is 1. The number of benzene rings is 1. The van der Waals surface area contributed by atoms with Gasteiger partial charge in [-0.3, -0.25) is 4.79 Å². The molecule has 0 saturated heterocycles. The minimum atomic E-state index is -3.58. The quantitative estimate of drug-likeness (QED) is 0.885. The zero-order valence-electron chi connectivity index (χ0n) is 11.8. The SMILES string of the molecule is CCC(C(=O)O)N(C)C(=O)c1ccc(Cl)c(S(C)(=O)=O)c1. The van der Waals surface area contributed by atoms with Crippen LogP contribution in [0.5, 0.6) is 0 Å². The highest BCUT2D eigenvalue weighted by atomic mass is 35.5. The summed E-state index contributed by atoms with van der Waals surface area (Å²) in [6.07, 6.45) is 1.22. The Morgan fingerprint density at radius 3 is 2.38 bits per heavy atom. The van der Waals surface area contributed by atoms with E-state index in [1.165, 1.54) is 19.2 Å². The highest BCUT2D eigenvalue weighted by Gasteiger charge is 2.26. The summed E-state index contributed by atoms with van der Waals surface area (Å²) in [4.78, 5) is 24.2. The molecule has 0 fully saturated rings. The predicted octanol–water partition coefficient (Wildman–Crippen LogP) is 1.68. The van der Waals surface area contributed by atoms with Crippen molar-refractivity contribution >= 4 is 33.3 Å². The Morgan fingerprint density at radius 2 is 1.95 bits per heavy atom. The number of hydrogen-bond donors (Lipinski definition) is 1. The Kier molecular flexibility index (Phi) is 5.36. The molecule has 1 amide bonds. The largest absolute Gasteiger partial charge is 0.480 e. The van der Waals surface area contributed by atoms with Gasteiger partial charge in [-0.25, -0.2) is 13.2 Å². The van der Waals surface area contributed by atoms with Crippen molar-refractivity contribution in [1.29, 1.82) is 0 Å². The lowest BCUT2D eigenvalue weighted by molar-refractivity contribution is -0.142. The molecule has 0 spiro atoms. The van der Waals surface area contributed by atoms with Gasteiger partial charge in [-0.1, -0.05) is 18.5 Å². The first-order chi connectivity index (χ1) is 9.59. The third-order valence-electron chi connectivity index (χ3n) is 3.04. The predicted molar refractivity (Wildman–Crippen MR) is 78.4 cm³/mol. The van der Waals surface area contributed by atoms with Gasteiger partial charge < -0.3 is 10.0 Å². The lowest BCUT2D eigenvalue weighted by Gasteiger charge is -2.24. The van der Waals surface area contributed by atoms with Gasteiger partial charge in [0.15, 0.2) is 9.84 Å². The Balaban J connectivity index is 3.23. The molecule has 0 saturated carbocycles. The third kappa shape index (κ3) is 3.95. The van der Waals surface area contributed by atoms with E-state index in [1.54, 1.807) is 6.92 Å². The van der Waals surface area contributed by atoms with Crippen LogP contribution in [0.15, 0.2) is 23.1 Å². The first-order valence-corrected chi connectivity index (χ1v) is 8.36. The van der Waals surface area contributed by atoms with E-state index in [2.05, 4.69) is 0 Å². The molecule has 1 unspecified atom stereocenters. The summed E-state index contributed by atoms with van der Waals surface area (Å²) in [6.45, 7) is 1.65. The molecule has 0 aliphatic heterocycles. The highest BCUT2D eigenvalue weighted by molar-refractivity contribution is 7.90. The summed E-state index contributed by atoms with van der Waals surface area (Å²) in [5.41, 5.74) is 0.0713. The number of nitrogens with zero attached hydrogens (tertiary/aromatic N) is 1. The van der Waals surface area contributed by atoms with Crippen molar-refractivity contribution in [2.24, 2.45) is 0 Å². The zero-order valence-corrected chi connectivity index (χ0v) is 13.4. The molecule has 0 aliphatic rings. The zero-order chi connectivity index (χ0) is 16.4. The van der Waals surface area contributed by atoms with Crippen molar-refractivity contribution < 1.29 is 23.1 Å². The normalized spacial score (nSPS) is 12.8. The van der Waals surface area contributed by atoms with E-state index < -0.39 is 27.8 Å². The number of sulfone groups is 1. The summed E-state index contributed by atoms with van der Waals surface area (Å²) in [7, 11) is -2.22. The molecule has 1 atom stereocenters. The molecule has 0 aliphatic carbocycles. The van der Waals surface area contributed by atoms with Gasteiger partial charge >= 0.3 is 5.97 Å². The number of carboxylic acids is 1. The van der Waals surface area contributed by atoms with Crippen LogP contribution >= 0.6 is 11.6 Å². The lowest BCUT2D eigenvalue weighted by Crippen LogP contribution is -2.42. The second-order valence-electron chi connectivity index (χ2n) is 4.60. The van der Waals surface area contributed by atoms with Crippen molar-refractivity contribution in [3.8, 4) is 0 Å². The molecule has 0 radical (unpaired) electrons. The fourth-order valence-corrected chi connectivity index (χ4v) is 3.18. The van der Waals surface area contributed by atoms with Crippen LogP contribution in [0.2, 0.25) is 5.02 Å². The first-order valence-electron chi connectivity index (χ1n) is 6.09. The van der Waals surface area contributed by atoms with Gasteiger partial charge in [0, 0.05) is 18.9 Å². The summed E-state index contributed by atoms with van der Waals surface area (Å²) >= 11 is 5.81. The van der Waals surface area contributed by atoms with Gasteiger partial charge in [0.2, 0.25) is 0 Å². The van der Waals surface area contributed by atoms with Crippen LogP contribution in [0.3, 0.4) is 0 Å². The van der Waals surface area contributed by atoms with Crippen molar-refractivity contribution in [2.45, 2.75) is 24.3 Å². The number of carbonyl (C=O) groups is 2. The van der Waals surface area contributed by atoms with Gasteiger partial charge in [0.25, 0.3) is 5.91 Å². The molecule has 1 aromatic carbocycles. The van der Waals surface area contributed by atoms with E-state index in [1.807, 2.05) is 0 Å². The van der Waals surface area contributed by atoms with E-state index >= 15 is 0 Å². The number of halogens is 1. The van der Waals surface area contributed by atoms with Gasteiger partial charge in [0.05, 0.1) is 9.92 Å². The standard InChI is InChI=1S/C13H16ClNO5S/c1-4-10(13(17)18)15(2)12(16)8-5-6-9(14)11(7-8)21(3,19)20/h5-7,10H,4H2,1-3H3,(H,17,18). The van der Waals surface area contributed by atoms with E-state index in [0.717, 1.165) is 17.2 Å². The van der Waals surface area contributed by atoms with Crippen LogP contribution in [0.25, 0.3) is 0 Å². The summed E-state index contributed by atoms with van der Waals surface area (Å²) in [5, 5.41) is 9.07. The number of carboxylic acid groups (broad SMARTS) is 1. The molecule has 8 heteroatoms. The number of likely N-dealkylation sites (N-methyl/N-ethyl adjacent to an activating group) is 1. The van der Waals surface area contributed by atoms with Gasteiger partial charge in [-0.05, 0) is 24.6 Å². The smallest absolute Gasteiger partial charge is 0.326 e. The Morgan fingerprint density at radius 1 is 1.38 bits per heavy atom. The average Bonchev–Trinajstić information content (AvgIpc) is 2.37. The van der Waals surface area contributed by atoms with Crippen molar-refractivity contribution in [1.82, 2.24) is 4.90 Å². The van der Waals surface area contributed by atoms with Crippen LogP contribution < -0.4 is 0 Å². The topological polar surface area (TPSA) is 91.8 Å². The maximum absolute atomic E-state index is 12.3. The molecule has 1 rings (SSSR count). The molecule has 6 nitrogen and oxygen atoms in total. The molecular formula is C13H16ClNO5S. The van der Waals surface area contributed by atoms with Crippen LogP contribution in [-0.4, -0.2) is 49.6 Å². The summed E-state index contributed by atoms with van der Waals surface area (Å²) < 4.78 is 23.2. The minimum absolute atomic E-state index is 0.0157. The molecular weight excluding hydrogens is 318 g/mol. The van der Waals surface area contributed by atoms with Crippen LogP contribution in [0, 0.1) is 0 Å². The van der Waals surface area contributed by atoms with Crippen LogP contribution in [0.1, 0.15) is 23.7 Å². The van der Waals surface area contributed by atoms with Crippen molar-refractivity contribution in [3.63, 3.8) is 0 Å². The summed E-state index contributed by atoms with van der Waals surface area (Å²) in [6, 6.07) is 2.85. The van der Waals surface area contributed by atoms with Crippen molar-refractivity contribution in [3.05, 3.63) is 28.8 Å². The van der Waals surface area contributed by atoms with Gasteiger partial charge in [-0.15, -0.1) is 0 Å². The lowest BCUT2D eigenvalue weighted by atomic mass is 10.1. The van der Waals surface area contributed by atoms with E-state index in [-0.39, 0.29) is 21.9 Å². The highest BCUT2D eigenvalue weighted by Crippen LogP contribution is 2.23. The fraction of sp³-hybridized carbons (Fsp3) is 0.385. The molecule has 0 bridgehead atoms. The van der Waals surface area contributed by atoms with Gasteiger partial charge in [0.1, 0.15) is 6.04 Å². The Bertz CT molecular complexity index is 671. The number of carbonyl (C=O) groups excluding carboxylic acids is 1. The maximum Gasteiger partial charge on any atom is 0.326 e. The molecule has 21 heavy (non-hydrogen) atoms. The van der Waals surface area contributed by atoms with Crippen molar-refractivity contribution in [2.75, 3.05) is 13.3 Å². The first kappa shape index (κ1) is 17.5. The monoisotopic (exact) mass is 333 g/mol. The van der Waals surface area contributed by atoms with Gasteiger partial charge in [-0.2, -0.15) is 0 Å². The number of rotatable bonds is 5. The number of aliphatic carboxylic acids is 1. The second kappa shape index (κ2) is 6.44. The van der Waals surface area contributed by atoms with Crippen LogP contribution in [-0.2, 0) is 14.6 Å². The molecule has 1 aromatic rings. The molecule has 0 aromatic heterocycles. The molecule has 0 heterocycles. The fourth-order valence-electron chi connectivity index (χ4n) is 1.88. The molecule has 116 valence electrons. The maximum atomic E-state index is 12.3. The van der Waals surface area contributed by atoms with E-state index in [9.17, 15) is 18.0 Å². The average molecular weight is 334 g/mol. The Labute approximate surface area is 128 Å². The van der Waals surface area contributed by atoms with E-state index in [4.69, 9.17) is 16.7 Å². The summed E-state index contributed by atoms with van der Waals surface area (Å²) in [5.74, 6) is -1.70. The Hall–Kier alpha value is -1.60. The molecule has 1 N–H and O–H groups in total.